The Labute approximate surface area is 170 Å². The van der Waals surface area contributed by atoms with E-state index in [1.807, 2.05) is 0 Å². The number of hydrogen-bond acceptors (Lipinski definition) is 6. The molecule has 1 aliphatic carbocycles. The van der Waals surface area contributed by atoms with Gasteiger partial charge in [0.25, 0.3) is 11.2 Å². The van der Waals surface area contributed by atoms with Gasteiger partial charge in [0.1, 0.15) is 11.4 Å². The summed E-state index contributed by atoms with van der Waals surface area (Å²) < 4.78 is 1.30. The molecule has 2 heterocycles. The highest BCUT2D eigenvalue weighted by Crippen LogP contribution is 2.35. The van der Waals surface area contributed by atoms with Gasteiger partial charge in [-0.15, -0.1) is 11.3 Å². The van der Waals surface area contributed by atoms with E-state index in [2.05, 4.69) is 17.2 Å². The lowest BCUT2D eigenvalue weighted by Gasteiger charge is -2.17. The second-order valence-corrected chi connectivity index (χ2v) is 8.60. The fraction of sp³-hybridized carbons (Fsp3) is 0.350. The van der Waals surface area contributed by atoms with Gasteiger partial charge >= 0.3 is 0 Å². The SMILES string of the molecule is Cc1ccc([N+](=O)[O-])cc1NC(=O)Cn1cnc2sc3c(c2c1=O)CC[C@H](C)C3. The number of nitro benzene ring substituents is 1. The van der Waals surface area contributed by atoms with Crippen LogP contribution < -0.4 is 10.9 Å². The van der Waals surface area contributed by atoms with Crippen molar-refractivity contribution in [1.82, 2.24) is 9.55 Å². The molecular formula is C20H20N4O4S. The minimum absolute atomic E-state index is 0.106. The van der Waals surface area contributed by atoms with Crippen molar-refractivity contribution in [2.24, 2.45) is 5.92 Å². The molecule has 2 aromatic heterocycles. The molecule has 0 aliphatic heterocycles. The lowest BCUT2D eigenvalue weighted by molar-refractivity contribution is -0.384. The van der Waals surface area contributed by atoms with Crippen LogP contribution in [0.25, 0.3) is 10.2 Å². The molecule has 0 spiro atoms. The van der Waals surface area contributed by atoms with Crippen LogP contribution in [-0.4, -0.2) is 20.4 Å². The van der Waals surface area contributed by atoms with Crippen LogP contribution >= 0.6 is 11.3 Å². The topological polar surface area (TPSA) is 107 Å². The van der Waals surface area contributed by atoms with Crippen molar-refractivity contribution in [2.75, 3.05) is 5.32 Å². The van der Waals surface area contributed by atoms with Gasteiger partial charge in [-0.05, 0) is 43.2 Å². The van der Waals surface area contributed by atoms with Crippen molar-refractivity contribution in [3.8, 4) is 0 Å². The molecule has 0 radical (unpaired) electrons. The number of nitrogens with zero attached hydrogens (tertiary/aromatic N) is 3. The number of nitro groups is 1. The summed E-state index contributed by atoms with van der Waals surface area (Å²) in [5.74, 6) is 0.163. The Morgan fingerprint density at radius 2 is 2.24 bits per heavy atom. The number of carbonyl (C=O) groups is 1. The van der Waals surface area contributed by atoms with Crippen LogP contribution in [0.3, 0.4) is 0 Å². The maximum Gasteiger partial charge on any atom is 0.271 e. The first-order valence-corrected chi connectivity index (χ1v) is 10.2. The average molecular weight is 412 g/mol. The Morgan fingerprint density at radius 3 is 3.00 bits per heavy atom. The van der Waals surface area contributed by atoms with E-state index < -0.39 is 10.8 Å². The molecule has 9 heteroatoms. The number of fused-ring (bicyclic) bond motifs is 3. The van der Waals surface area contributed by atoms with Crippen molar-refractivity contribution >= 4 is 38.8 Å². The standard InChI is InChI=1S/C20H20N4O4S/c1-11-3-6-14-16(7-11)29-19-18(14)20(26)23(10-21-19)9-17(25)22-15-8-13(24(27)28)5-4-12(15)2/h4-5,8,10-11H,3,6-7,9H2,1-2H3,(H,22,25)/t11-/m0/s1. The van der Waals surface area contributed by atoms with E-state index in [-0.39, 0.29) is 17.8 Å². The molecule has 0 saturated heterocycles. The number of nitrogens with one attached hydrogen (secondary N) is 1. The van der Waals surface area contributed by atoms with Crippen LogP contribution in [-0.2, 0) is 24.2 Å². The second-order valence-electron chi connectivity index (χ2n) is 7.51. The third kappa shape index (κ3) is 3.65. The summed E-state index contributed by atoms with van der Waals surface area (Å²) in [5, 5.41) is 14.2. The summed E-state index contributed by atoms with van der Waals surface area (Å²) in [6, 6.07) is 4.27. The van der Waals surface area contributed by atoms with E-state index in [9.17, 15) is 19.7 Å². The van der Waals surface area contributed by atoms with E-state index in [1.165, 1.54) is 27.9 Å². The first-order chi connectivity index (χ1) is 13.8. The molecule has 8 nitrogen and oxygen atoms in total. The van der Waals surface area contributed by atoms with Gasteiger partial charge < -0.3 is 5.32 Å². The number of hydrogen-bond donors (Lipinski definition) is 1. The van der Waals surface area contributed by atoms with Crippen LogP contribution in [0.2, 0.25) is 0 Å². The van der Waals surface area contributed by atoms with E-state index in [0.29, 0.717) is 22.6 Å². The molecule has 150 valence electrons. The molecule has 1 aromatic carbocycles. The monoisotopic (exact) mass is 412 g/mol. The number of anilines is 1. The minimum atomic E-state index is -0.516. The third-order valence-electron chi connectivity index (χ3n) is 5.30. The zero-order valence-electron chi connectivity index (χ0n) is 16.1. The molecule has 3 aromatic rings. The lowest BCUT2D eigenvalue weighted by Crippen LogP contribution is -2.28. The van der Waals surface area contributed by atoms with Crippen molar-refractivity contribution in [3.63, 3.8) is 0 Å². The van der Waals surface area contributed by atoms with E-state index in [4.69, 9.17) is 0 Å². The lowest BCUT2D eigenvalue weighted by atomic mass is 9.89. The summed E-state index contributed by atoms with van der Waals surface area (Å²) in [6.45, 7) is 3.75. The number of aromatic nitrogens is 2. The predicted molar refractivity (Wildman–Crippen MR) is 112 cm³/mol. The molecule has 0 bridgehead atoms. The summed E-state index contributed by atoms with van der Waals surface area (Å²) in [6.07, 6.45) is 4.26. The van der Waals surface area contributed by atoms with E-state index >= 15 is 0 Å². The van der Waals surface area contributed by atoms with Gasteiger partial charge in [-0.3, -0.25) is 24.3 Å². The molecule has 1 N–H and O–H groups in total. The second kappa shape index (κ2) is 7.40. The van der Waals surface area contributed by atoms with Crippen molar-refractivity contribution < 1.29 is 9.72 Å². The number of benzene rings is 1. The summed E-state index contributed by atoms with van der Waals surface area (Å²) >= 11 is 1.57. The van der Waals surface area contributed by atoms with E-state index in [1.54, 1.807) is 24.3 Å². The van der Waals surface area contributed by atoms with Crippen molar-refractivity contribution in [2.45, 2.75) is 39.7 Å². The Balaban J connectivity index is 1.61. The fourth-order valence-corrected chi connectivity index (χ4v) is 5.02. The van der Waals surface area contributed by atoms with Crippen LogP contribution in [0, 0.1) is 23.0 Å². The maximum absolute atomic E-state index is 13.0. The molecule has 29 heavy (non-hydrogen) atoms. The summed E-state index contributed by atoms with van der Waals surface area (Å²) in [5.41, 5.74) is 1.81. The molecule has 1 aliphatic rings. The largest absolute Gasteiger partial charge is 0.324 e. The first-order valence-electron chi connectivity index (χ1n) is 9.38. The highest BCUT2D eigenvalue weighted by Gasteiger charge is 2.23. The van der Waals surface area contributed by atoms with Gasteiger partial charge in [0.15, 0.2) is 0 Å². The quantitative estimate of drug-likeness (QED) is 0.522. The van der Waals surface area contributed by atoms with Crippen LogP contribution in [0.4, 0.5) is 11.4 Å². The van der Waals surface area contributed by atoms with Gasteiger partial charge in [0.05, 0.1) is 22.3 Å². The van der Waals surface area contributed by atoms with Crippen molar-refractivity contribution in [1.29, 1.82) is 0 Å². The molecule has 0 saturated carbocycles. The van der Waals surface area contributed by atoms with Gasteiger partial charge in [-0.2, -0.15) is 0 Å². The smallest absolute Gasteiger partial charge is 0.271 e. The van der Waals surface area contributed by atoms with Gasteiger partial charge in [0, 0.05) is 17.0 Å². The highest BCUT2D eigenvalue weighted by molar-refractivity contribution is 7.18. The highest BCUT2D eigenvalue weighted by atomic mass is 32.1. The third-order valence-corrected chi connectivity index (χ3v) is 6.46. The Kier molecular flexibility index (Phi) is 4.91. The van der Waals surface area contributed by atoms with Crippen LogP contribution in [0.15, 0.2) is 29.3 Å². The molecule has 1 amide bonds. The fourth-order valence-electron chi connectivity index (χ4n) is 3.68. The maximum atomic E-state index is 13.0. The van der Waals surface area contributed by atoms with Gasteiger partial charge in [-0.1, -0.05) is 13.0 Å². The number of aryl methyl sites for hydroxylation is 2. The zero-order chi connectivity index (χ0) is 20.7. The Hall–Kier alpha value is -3.07. The van der Waals surface area contributed by atoms with Gasteiger partial charge in [-0.25, -0.2) is 4.98 Å². The molecule has 0 unspecified atom stereocenters. The van der Waals surface area contributed by atoms with Crippen molar-refractivity contribution in [3.05, 3.63) is 61.0 Å². The number of rotatable bonds is 4. The molecule has 1 atom stereocenters. The summed E-state index contributed by atoms with van der Waals surface area (Å²) in [7, 11) is 0. The molecule has 0 fully saturated rings. The first kappa shape index (κ1) is 19.3. The summed E-state index contributed by atoms with van der Waals surface area (Å²) in [4.78, 5) is 42.3. The minimum Gasteiger partial charge on any atom is -0.324 e. The Bertz CT molecular complexity index is 1200. The molecular weight excluding hydrogens is 392 g/mol. The number of carbonyl (C=O) groups excluding carboxylic acids is 1. The number of thiophene rings is 1. The van der Waals surface area contributed by atoms with E-state index in [0.717, 1.165) is 29.7 Å². The number of amides is 1. The van der Waals surface area contributed by atoms with Crippen LogP contribution in [0.1, 0.15) is 29.3 Å². The zero-order valence-corrected chi connectivity index (χ0v) is 16.9. The Morgan fingerprint density at radius 1 is 1.45 bits per heavy atom. The van der Waals surface area contributed by atoms with Crippen LogP contribution in [0.5, 0.6) is 0 Å². The van der Waals surface area contributed by atoms with Gasteiger partial charge in [0.2, 0.25) is 5.91 Å². The normalized spacial score (nSPS) is 15.9. The average Bonchev–Trinajstić information content (AvgIpc) is 3.03. The number of non-ortho nitro benzene ring substituents is 1. The predicted octanol–water partition coefficient (Wildman–Crippen LogP) is 3.44. The molecule has 4 rings (SSSR count).